The fourth-order valence-electron chi connectivity index (χ4n) is 2.31. The van der Waals surface area contributed by atoms with E-state index in [1.807, 2.05) is 50.5 Å². The van der Waals surface area contributed by atoms with E-state index in [0.717, 1.165) is 21.2 Å². The van der Waals surface area contributed by atoms with Crippen LogP contribution in [-0.4, -0.2) is 10.5 Å². The minimum atomic E-state index is -0.196. The van der Waals surface area contributed by atoms with Gasteiger partial charge in [0.05, 0.1) is 6.04 Å². The van der Waals surface area contributed by atoms with Gasteiger partial charge in [-0.25, -0.2) is 0 Å². The molecule has 1 atom stereocenters. The van der Waals surface area contributed by atoms with Gasteiger partial charge in [0.2, 0.25) is 0 Å². The Balaban J connectivity index is 1.81. The second-order valence-corrected chi connectivity index (χ2v) is 5.95. The van der Waals surface area contributed by atoms with E-state index in [2.05, 4.69) is 21.2 Å². The lowest BCUT2D eigenvalue weighted by molar-refractivity contribution is 0.0927. The number of nitrogens with zero attached hydrogens (tertiary/aromatic N) is 1. The van der Waals surface area contributed by atoms with E-state index in [1.165, 1.54) is 0 Å². The van der Waals surface area contributed by atoms with Crippen LogP contribution in [0.1, 0.15) is 29.2 Å². The Kier molecular flexibility index (Phi) is 3.59. The van der Waals surface area contributed by atoms with Crippen LogP contribution in [-0.2, 0) is 7.05 Å². The molecule has 0 aliphatic rings. The summed E-state index contributed by atoms with van der Waals surface area (Å²) >= 11 is 3.37. The molecule has 0 saturated heterocycles. The highest BCUT2D eigenvalue weighted by atomic mass is 79.9. The molecule has 3 rings (SSSR count). The van der Waals surface area contributed by atoms with E-state index < -0.39 is 0 Å². The number of nitrogens with one attached hydrogen (secondary N) is 1. The van der Waals surface area contributed by atoms with Crippen LogP contribution >= 0.6 is 15.9 Å². The maximum absolute atomic E-state index is 12.3. The number of benzene rings is 1. The highest BCUT2D eigenvalue weighted by molar-refractivity contribution is 9.10. The van der Waals surface area contributed by atoms with Crippen molar-refractivity contribution in [3.63, 3.8) is 0 Å². The number of para-hydroxylation sites is 1. The molecular formula is C16H15BrN2O2. The van der Waals surface area contributed by atoms with Crippen molar-refractivity contribution >= 4 is 32.8 Å². The highest BCUT2D eigenvalue weighted by Gasteiger charge is 2.17. The van der Waals surface area contributed by atoms with Gasteiger partial charge in [-0.2, -0.15) is 0 Å². The summed E-state index contributed by atoms with van der Waals surface area (Å²) in [5.74, 6) is 0.619. The van der Waals surface area contributed by atoms with Gasteiger partial charge in [0, 0.05) is 23.1 Å². The Morgan fingerprint density at radius 3 is 2.76 bits per heavy atom. The SMILES string of the molecule is CC(NC(=O)c1cc(Br)cn1C)c1cc2ccccc2o1. The lowest BCUT2D eigenvalue weighted by Gasteiger charge is -2.11. The van der Waals surface area contributed by atoms with Crippen LogP contribution in [0.5, 0.6) is 0 Å². The van der Waals surface area contributed by atoms with E-state index in [1.54, 1.807) is 10.6 Å². The lowest BCUT2D eigenvalue weighted by atomic mass is 10.2. The molecule has 0 aliphatic heterocycles. The van der Waals surface area contributed by atoms with Crippen LogP contribution < -0.4 is 5.32 Å². The Labute approximate surface area is 130 Å². The zero-order valence-corrected chi connectivity index (χ0v) is 13.3. The molecule has 1 unspecified atom stereocenters. The largest absolute Gasteiger partial charge is 0.459 e. The minimum Gasteiger partial charge on any atom is -0.459 e. The molecule has 4 nitrogen and oxygen atoms in total. The summed E-state index contributed by atoms with van der Waals surface area (Å²) in [6, 6.07) is 11.4. The van der Waals surface area contributed by atoms with E-state index in [-0.39, 0.29) is 11.9 Å². The van der Waals surface area contributed by atoms with Crippen molar-refractivity contribution in [1.82, 2.24) is 9.88 Å². The molecule has 0 aliphatic carbocycles. The third-order valence-corrected chi connectivity index (χ3v) is 3.86. The van der Waals surface area contributed by atoms with Crippen molar-refractivity contribution in [3.05, 3.63) is 58.5 Å². The Bertz CT molecular complexity index is 771. The molecule has 1 amide bonds. The number of carbonyl (C=O) groups is 1. The highest BCUT2D eigenvalue weighted by Crippen LogP contribution is 2.24. The van der Waals surface area contributed by atoms with Crippen molar-refractivity contribution in [1.29, 1.82) is 0 Å². The van der Waals surface area contributed by atoms with Gasteiger partial charge < -0.3 is 14.3 Å². The number of aromatic nitrogens is 1. The molecule has 0 radical (unpaired) electrons. The first-order valence-corrected chi connectivity index (χ1v) is 7.45. The molecule has 3 aromatic rings. The number of rotatable bonds is 3. The zero-order chi connectivity index (χ0) is 15.0. The molecule has 2 heterocycles. The monoisotopic (exact) mass is 346 g/mol. The normalized spacial score (nSPS) is 12.5. The number of halogens is 1. The second-order valence-electron chi connectivity index (χ2n) is 5.04. The first-order valence-electron chi connectivity index (χ1n) is 6.66. The molecular weight excluding hydrogens is 332 g/mol. The topological polar surface area (TPSA) is 47.2 Å². The number of fused-ring (bicyclic) bond motifs is 1. The number of aryl methyl sites for hydroxylation is 1. The fourth-order valence-corrected chi connectivity index (χ4v) is 2.83. The summed E-state index contributed by atoms with van der Waals surface area (Å²) in [6.07, 6.45) is 1.85. The number of hydrogen-bond donors (Lipinski definition) is 1. The standard InChI is InChI=1S/C16H15BrN2O2/c1-10(15-7-11-5-3-4-6-14(11)21-15)18-16(20)13-8-12(17)9-19(13)2/h3-10H,1-2H3,(H,18,20). The van der Waals surface area contributed by atoms with Crippen molar-refractivity contribution in [3.8, 4) is 0 Å². The predicted octanol–water partition coefficient (Wildman–Crippen LogP) is 4.02. The van der Waals surface area contributed by atoms with Crippen LogP contribution in [0.4, 0.5) is 0 Å². The van der Waals surface area contributed by atoms with Crippen LogP contribution in [0.25, 0.3) is 11.0 Å². The van der Waals surface area contributed by atoms with Crippen molar-refractivity contribution in [2.45, 2.75) is 13.0 Å². The van der Waals surface area contributed by atoms with Crippen LogP contribution in [0, 0.1) is 0 Å². The summed E-state index contributed by atoms with van der Waals surface area (Å²) in [6.45, 7) is 1.91. The van der Waals surface area contributed by atoms with Gasteiger partial charge in [-0.1, -0.05) is 18.2 Å². The van der Waals surface area contributed by atoms with Gasteiger partial charge >= 0.3 is 0 Å². The molecule has 2 aromatic heterocycles. The molecule has 108 valence electrons. The average Bonchev–Trinajstić information content (AvgIpc) is 3.01. The van der Waals surface area contributed by atoms with Crippen molar-refractivity contribution in [2.75, 3.05) is 0 Å². The number of carbonyl (C=O) groups excluding carboxylic acids is 1. The predicted molar refractivity (Wildman–Crippen MR) is 85.2 cm³/mol. The van der Waals surface area contributed by atoms with Crippen LogP contribution in [0.2, 0.25) is 0 Å². The number of furan rings is 1. The molecule has 0 saturated carbocycles. The van der Waals surface area contributed by atoms with Gasteiger partial charge in [-0.05, 0) is 41.1 Å². The van der Waals surface area contributed by atoms with Crippen molar-refractivity contribution in [2.24, 2.45) is 7.05 Å². The molecule has 0 spiro atoms. The number of hydrogen-bond acceptors (Lipinski definition) is 2. The van der Waals surface area contributed by atoms with Gasteiger partial charge in [-0.15, -0.1) is 0 Å². The van der Waals surface area contributed by atoms with Gasteiger partial charge in [0.15, 0.2) is 0 Å². The van der Waals surface area contributed by atoms with E-state index in [9.17, 15) is 4.79 Å². The third kappa shape index (κ3) is 2.74. The Hall–Kier alpha value is -2.01. The molecule has 21 heavy (non-hydrogen) atoms. The minimum absolute atomic E-state index is 0.129. The van der Waals surface area contributed by atoms with E-state index in [0.29, 0.717) is 5.69 Å². The Morgan fingerprint density at radius 1 is 1.33 bits per heavy atom. The molecule has 1 N–H and O–H groups in total. The van der Waals surface area contributed by atoms with Gasteiger partial charge in [0.1, 0.15) is 17.0 Å². The quantitative estimate of drug-likeness (QED) is 0.778. The zero-order valence-electron chi connectivity index (χ0n) is 11.8. The lowest BCUT2D eigenvalue weighted by Crippen LogP contribution is -2.27. The van der Waals surface area contributed by atoms with Crippen LogP contribution in [0.15, 0.2) is 51.5 Å². The van der Waals surface area contributed by atoms with Gasteiger partial charge in [-0.3, -0.25) is 4.79 Å². The first kappa shape index (κ1) is 13.9. The summed E-state index contributed by atoms with van der Waals surface area (Å²) in [5.41, 5.74) is 1.43. The summed E-state index contributed by atoms with van der Waals surface area (Å²) < 4.78 is 8.43. The molecule has 5 heteroatoms. The smallest absolute Gasteiger partial charge is 0.268 e. The summed E-state index contributed by atoms with van der Waals surface area (Å²) in [7, 11) is 1.84. The van der Waals surface area contributed by atoms with E-state index in [4.69, 9.17) is 4.42 Å². The van der Waals surface area contributed by atoms with Crippen molar-refractivity contribution < 1.29 is 9.21 Å². The molecule has 0 fully saturated rings. The Morgan fingerprint density at radius 2 is 2.10 bits per heavy atom. The molecule has 1 aromatic carbocycles. The average molecular weight is 347 g/mol. The molecule has 0 bridgehead atoms. The second kappa shape index (κ2) is 5.41. The third-order valence-electron chi connectivity index (χ3n) is 3.42. The van der Waals surface area contributed by atoms with Crippen LogP contribution in [0.3, 0.4) is 0 Å². The van der Waals surface area contributed by atoms with E-state index >= 15 is 0 Å². The number of amides is 1. The summed E-state index contributed by atoms with van der Waals surface area (Å²) in [4.78, 5) is 12.3. The first-order chi connectivity index (χ1) is 10.0. The van der Waals surface area contributed by atoms with Gasteiger partial charge in [0.25, 0.3) is 5.91 Å². The summed E-state index contributed by atoms with van der Waals surface area (Å²) in [5, 5.41) is 3.99. The maximum atomic E-state index is 12.3. The fraction of sp³-hybridized carbons (Fsp3) is 0.188. The maximum Gasteiger partial charge on any atom is 0.268 e.